The number of nitro groups is 1. The zero-order valence-electron chi connectivity index (χ0n) is 12.2. The summed E-state index contributed by atoms with van der Waals surface area (Å²) in [6, 6.07) is 7.60. The third-order valence-corrected chi connectivity index (χ3v) is 5.06. The van der Waals surface area contributed by atoms with E-state index in [0.29, 0.717) is 31.8 Å². The molecular weight excluding hydrogens is 373 g/mol. The number of nitrogens with zero attached hydrogens (tertiary/aromatic N) is 2. The molecule has 1 N–H and O–H groups in total. The molecule has 1 aromatic heterocycles. The summed E-state index contributed by atoms with van der Waals surface area (Å²) in [5.74, 6) is -0.408. The topological polar surface area (TPSA) is 85.1 Å². The van der Waals surface area contributed by atoms with E-state index >= 15 is 0 Å². The van der Waals surface area contributed by atoms with Gasteiger partial charge in [-0.05, 0) is 31.2 Å². The Labute approximate surface area is 150 Å². The fraction of sp³-hybridized carbons (Fsp3) is 0.0667. The fourth-order valence-corrected chi connectivity index (χ4v) is 3.45. The van der Waals surface area contributed by atoms with E-state index < -0.39 is 10.8 Å². The van der Waals surface area contributed by atoms with Gasteiger partial charge in [0.1, 0.15) is 5.52 Å². The average molecular weight is 382 g/mol. The minimum absolute atomic E-state index is 0.0343. The predicted octanol–water partition coefficient (Wildman–Crippen LogP) is 5.07. The number of aromatic nitrogens is 1. The van der Waals surface area contributed by atoms with Crippen LogP contribution in [0.4, 0.5) is 10.8 Å². The van der Waals surface area contributed by atoms with Gasteiger partial charge in [-0.15, -0.1) is 0 Å². The number of aryl methyl sites for hydroxylation is 1. The van der Waals surface area contributed by atoms with Crippen LogP contribution in [0.15, 0.2) is 30.3 Å². The summed E-state index contributed by atoms with van der Waals surface area (Å²) in [6.07, 6.45) is 0. The highest BCUT2D eigenvalue weighted by atomic mass is 35.5. The Bertz CT molecular complexity index is 987. The maximum atomic E-state index is 12.3. The van der Waals surface area contributed by atoms with Crippen molar-refractivity contribution < 1.29 is 9.72 Å². The lowest BCUT2D eigenvalue weighted by atomic mass is 10.1. The van der Waals surface area contributed by atoms with Gasteiger partial charge in [0.25, 0.3) is 11.6 Å². The Morgan fingerprint density at radius 1 is 1.29 bits per heavy atom. The molecule has 0 fully saturated rings. The molecule has 0 atom stereocenters. The number of benzene rings is 2. The second-order valence-corrected chi connectivity index (χ2v) is 6.76. The van der Waals surface area contributed by atoms with Crippen molar-refractivity contribution >= 4 is 61.5 Å². The van der Waals surface area contributed by atoms with Gasteiger partial charge in [0.05, 0.1) is 19.7 Å². The highest BCUT2D eigenvalue weighted by Crippen LogP contribution is 2.35. The molecule has 0 aliphatic heterocycles. The summed E-state index contributed by atoms with van der Waals surface area (Å²) in [5.41, 5.74) is 1.20. The maximum absolute atomic E-state index is 12.3. The minimum Gasteiger partial charge on any atom is -0.298 e. The molecule has 2 aromatic carbocycles. The number of nitrogens with one attached hydrogen (secondary N) is 1. The molecule has 1 amide bonds. The summed E-state index contributed by atoms with van der Waals surface area (Å²) in [6.45, 7) is 1.58. The molecule has 0 bridgehead atoms. The van der Waals surface area contributed by atoms with Crippen LogP contribution in [0.25, 0.3) is 10.2 Å². The number of hydrogen-bond acceptors (Lipinski definition) is 5. The lowest BCUT2D eigenvalue weighted by Gasteiger charge is -2.03. The molecule has 0 saturated heterocycles. The molecular formula is C15H9Cl2N3O3S. The molecule has 6 nitrogen and oxygen atoms in total. The molecule has 3 aromatic rings. The van der Waals surface area contributed by atoms with E-state index in [1.807, 2.05) is 0 Å². The highest BCUT2D eigenvalue weighted by molar-refractivity contribution is 7.22. The molecule has 3 rings (SSSR count). The molecule has 0 aliphatic carbocycles. The van der Waals surface area contributed by atoms with Gasteiger partial charge >= 0.3 is 0 Å². The van der Waals surface area contributed by atoms with E-state index in [1.165, 1.54) is 29.5 Å². The zero-order valence-corrected chi connectivity index (χ0v) is 14.5. The van der Waals surface area contributed by atoms with Crippen molar-refractivity contribution in [3.05, 3.63) is 61.6 Å². The van der Waals surface area contributed by atoms with Crippen LogP contribution in [0.3, 0.4) is 0 Å². The number of nitro benzene ring substituents is 1. The second-order valence-electron chi connectivity index (χ2n) is 4.94. The van der Waals surface area contributed by atoms with Gasteiger partial charge in [0.15, 0.2) is 5.13 Å². The van der Waals surface area contributed by atoms with Crippen LogP contribution in [-0.4, -0.2) is 15.8 Å². The first-order valence-electron chi connectivity index (χ1n) is 6.68. The van der Waals surface area contributed by atoms with Crippen LogP contribution in [0.2, 0.25) is 10.0 Å². The van der Waals surface area contributed by atoms with Crippen LogP contribution < -0.4 is 5.32 Å². The Hall–Kier alpha value is -2.22. The van der Waals surface area contributed by atoms with E-state index in [-0.39, 0.29) is 5.69 Å². The smallest absolute Gasteiger partial charge is 0.272 e. The fourth-order valence-electron chi connectivity index (χ4n) is 2.16. The molecule has 0 spiro atoms. The lowest BCUT2D eigenvalue weighted by Crippen LogP contribution is -2.12. The van der Waals surface area contributed by atoms with Gasteiger partial charge in [-0.25, -0.2) is 4.98 Å². The van der Waals surface area contributed by atoms with E-state index in [0.717, 1.165) is 4.70 Å². The van der Waals surface area contributed by atoms with E-state index in [4.69, 9.17) is 23.2 Å². The summed E-state index contributed by atoms with van der Waals surface area (Å²) in [5, 5.41) is 14.6. The van der Waals surface area contributed by atoms with Crippen LogP contribution in [-0.2, 0) is 0 Å². The van der Waals surface area contributed by atoms with Gasteiger partial charge in [-0.2, -0.15) is 0 Å². The second kappa shape index (κ2) is 6.35. The maximum Gasteiger partial charge on any atom is 0.272 e. The number of carbonyl (C=O) groups excluding carboxylic acids is 1. The molecule has 9 heteroatoms. The lowest BCUT2D eigenvalue weighted by molar-refractivity contribution is -0.385. The molecule has 122 valence electrons. The normalized spacial score (nSPS) is 10.8. The number of amides is 1. The largest absolute Gasteiger partial charge is 0.298 e. The van der Waals surface area contributed by atoms with Crippen molar-refractivity contribution in [2.24, 2.45) is 0 Å². The number of rotatable bonds is 3. The van der Waals surface area contributed by atoms with Gasteiger partial charge < -0.3 is 0 Å². The Morgan fingerprint density at radius 3 is 2.71 bits per heavy atom. The molecule has 0 radical (unpaired) electrons. The van der Waals surface area contributed by atoms with Gasteiger partial charge in [0.2, 0.25) is 0 Å². The zero-order chi connectivity index (χ0) is 17.4. The van der Waals surface area contributed by atoms with Crippen LogP contribution in [0.1, 0.15) is 15.9 Å². The summed E-state index contributed by atoms with van der Waals surface area (Å²) >= 11 is 13.3. The van der Waals surface area contributed by atoms with Gasteiger partial charge in [-0.3, -0.25) is 20.2 Å². The van der Waals surface area contributed by atoms with Crippen LogP contribution >= 0.6 is 34.5 Å². The molecule has 0 unspecified atom stereocenters. The summed E-state index contributed by atoms with van der Waals surface area (Å²) < 4.78 is 0.791. The number of thiazole rings is 1. The monoisotopic (exact) mass is 381 g/mol. The first-order chi connectivity index (χ1) is 11.4. The Kier molecular flexibility index (Phi) is 4.40. The van der Waals surface area contributed by atoms with Crippen molar-refractivity contribution in [2.75, 3.05) is 5.32 Å². The van der Waals surface area contributed by atoms with E-state index in [9.17, 15) is 14.9 Å². The molecule has 24 heavy (non-hydrogen) atoms. The first-order valence-corrected chi connectivity index (χ1v) is 8.25. The van der Waals surface area contributed by atoms with Crippen molar-refractivity contribution in [3.63, 3.8) is 0 Å². The molecule has 0 aliphatic rings. The number of halogens is 2. The Balaban J connectivity index is 1.88. The number of hydrogen-bond donors (Lipinski definition) is 1. The summed E-state index contributed by atoms with van der Waals surface area (Å²) in [4.78, 5) is 26.9. The average Bonchev–Trinajstić information content (AvgIpc) is 2.94. The van der Waals surface area contributed by atoms with Crippen molar-refractivity contribution in [1.29, 1.82) is 0 Å². The highest BCUT2D eigenvalue weighted by Gasteiger charge is 2.16. The SMILES string of the molecule is Cc1cc(C(=O)Nc2nc3c(Cl)c(Cl)ccc3s2)ccc1[N+](=O)[O-]. The quantitative estimate of drug-likeness (QED) is 0.506. The third-order valence-electron chi connectivity index (χ3n) is 3.33. The van der Waals surface area contributed by atoms with Crippen molar-refractivity contribution in [1.82, 2.24) is 4.98 Å². The molecule has 0 saturated carbocycles. The Morgan fingerprint density at radius 2 is 2.04 bits per heavy atom. The minimum atomic E-state index is -0.490. The number of anilines is 1. The van der Waals surface area contributed by atoms with Crippen molar-refractivity contribution in [2.45, 2.75) is 6.92 Å². The summed E-state index contributed by atoms with van der Waals surface area (Å²) in [7, 11) is 0. The van der Waals surface area contributed by atoms with E-state index in [1.54, 1.807) is 19.1 Å². The van der Waals surface area contributed by atoms with Crippen LogP contribution in [0.5, 0.6) is 0 Å². The first kappa shape index (κ1) is 16.6. The molecule has 1 heterocycles. The van der Waals surface area contributed by atoms with Crippen LogP contribution in [0, 0.1) is 17.0 Å². The van der Waals surface area contributed by atoms with Gasteiger partial charge in [0, 0.05) is 17.2 Å². The van der Waals surface area contributed by atoms with Gasteiger partial charge in [-0.1, -0.05) is 34.5 Å². The standard InChI is InChI=1S/C15H9Cl2N3O3S/c1-7-6-8(2-4-10(7)20(22)23)14(21)19-15-18-13-11(24-15)5-3-9(16)12(13)17/h2-6H,1H3,(H,18,19,21). The number of fused-ring (bicyclic) bond motifs is 1. The van der Waals surface area contributed by atoms with Crippen molar-refractivity contribution in [3.8, 4) is 0 Å². The predicted molar refractivity (Wildman–Crippen MR) is 95.4 cm³/mol. The van der Waals surface area contributed by atoms with E-state index in [2.05, 4.69) is 10.3 Å². The number of carbonyl (C=O) groups is 1. The third kappa shape index (κ3) is 3.06.